The summed E-state index contributed by atoms with van der Waals surface area (Å²) in [5.41, 5.74) is 1.66. The van der Waals surface area contributed by atoms with E-state index >= 15 is 0 Å². The van der Waals surface area contributed by atoms with Crippen LogP contribution in [0.1, 0.15) is 67.1 Å². The van der Waals surface area contributed by atoms with E-state index in [0.717, 1.165) is 25.8 Å². The van der Waals surface area contributed by atoms with Crippen LogP contribution in [0.15, 0.2) is 48.5 Å². The molecule has 0 aromatic heterocycles. The molecule has 6 heteroatoms. The van der Waals surface area contributed by atoms with E-state index in [0.29, 0.717) is 34.8 Å². The molecule has 6 nitrogen and oxygen atoms in total. The Bertz CT molecular complexity index is 879. The number of hydrogen-bond acceptors (Lipinski definition) is 6. The average Bonchev–Trinajstić information content (AvgIpc) is 2.75. The first kappa shape index (κ1) is 23.0. The minimum atomic E-state index is -0.747. The molecule has 0 spiro atoms. The normalized spacial score (nSPS) is 15.6. The Kier molecular flexibility index (Phi) is 8.20. The van der Waals surface area contributed by atoms with Gasteiger partial charge in [0.05, 0.1) is 11.7 Å². The molecule has 0 amide bonds. The molecule has 1 aliphatic rings. The Balaban J connectivity index is 1.76. The third-order valence-electron chi connectivity index (χ3n) is 5.70. The Morgan fingerprint density at radius 2 is 1.90 bits per heavy atom. The molecule has 0 heterocycles. The summed E-state index contributed by atoms with van der Waals surface area (Å²) in [5.74, 6) is 0.0140. The highest BCUT2D eigenvalue weighted by molar-refractivity contribution is 5.89. The lowest BCUT2D eigenvalue weighted by Crippen LogP contribution is -2.31. The van der Waals surface area contributed by atoms with Crippen LogP contribution >= 0.6 is 0 Å². The fourth-order valence-electron chi connectivity index (χ4n) is 3.62. The summed E-state index contributed by atoms with van der Waals surface area (Å²) < 4.78 is 11.1. The van der Waals surface area contributed by atoms with Gasteiger partial charge in [0.1, 0.15) is 12.4 Å². The van der Waals surface area contributed by atoms with E-state index in [1.54, 1.807) is 42.5 Å². The monoisotopic (exact) mass is 425 g/mol. The summed E-state index contributed by atoms with van der Waals surface area (Å²) in [6.07, 6.45) is 2.93. The lowest BCUT2D eigenvalue weighted by atomic mass is 9.83. The summed E-state index contributed by atoms with van der Waals surface area (Å²) in [7, 11) is 0. The van der Waals surface area contributed by atoms with E-state index < -0.39 is 12.1 Å². The van der Waals surface area contributed by atoms with Gasteiger partial charge in [0.2, 0.25) is 0 Å². The Labute approximate surface area is 183 Å². The van der Waals surface area contributed by atoms with Gasteiger partial charge in [0.15, 0.2) is 0 Å². The minimum Gasteiger partial charge on any atom is -0.457 e. The summed E-state index contributed by atoms with van der Waals surface area (Å²) in [5, 5.41) is 13.8. The smallest absolute Gasteiger partial charge is 0.338 e. The van der Waals surface area contributed by atoms with Gasteiger partial charge in [-0.1, -0.05) is 37.6 Å². The van der Waals surface area contributed by atoms with E-state index in [2.05, 4.69) is 5.32 Å². The molecule has 2 aromatic rings. The number of rotatable bonds is 10. The maximum Gasteiger partial charge on any atom is 0.338 e. The molecule has 0 bridgehead atoms. The summed E-state index contributed by atoms with van der Waals surface area (Å²) in [6.45, 7) is 4.55. The van der Waals surface area contributed by atoms with Crippen molar-refractivity contribution < 1.29 is 24.2 Å². The van der Waals surface area contributed by atoms with E-state index in [1.807, 2.05) is 19.9 Å². The van der Waals surface area contributed by atoms with E-state index in [-0.39, 0.29) is 18.6 Å². The quantitative estimate of drug-likeness (QED) is 0.439. The summed E-state index contributed by atoms with van der Waals surface area (Å²) in [4.78, 5) is 24.7. The lowest BCUT2D eigenvalue weighted by Gasteiger charge is -2.24. The van der Waals surface area contributed by atoms with Gasteiger partial charge in [-0.15, -0.1) is 0 Å². The third-order valence-corrected chi connectivity index (χ3v) is 5.70. The van der Waals surface area contributed by atoms with Gasteiger partial charge in [-0.2, -0.15) is 0 Å². The first-order chi connectivity index (χ1) is 15.0. The van der Waals surface area contributed by atoms with Crippen LogP contribution in [0, 0.1) is 5.92 Å². The fourth-order valence-corrected chi connectivity index (χ4v) is 3.62. The molecule has 166 valence electrons. The number of hydrogen-bond donors (Lipinski definition) is 2. The Hall–Kier alpha value is -2.70. The molecule has 31 heavy (non-hydrogen) atoms. The van der Waals surface area contributed by atoms with Crippen molar-refractivity contribution in [3.8, 4) is 5.75 Å². The number of benzene rings is 2. The number of aliphatic hydroxyl groups is 1. The topological polar surface area (TPSA) is 84.9 Å². The van der Waals surface area contributed by atoms with Crippen molar-refractivity contribution >= 4 is 11.9 Å². The summed E-state index contributed by atoms with van der Waals surface area (Å²) >= 11 is 0. The summed E-state index contributed by atoms with van der Waals surface area (Å²) in [6, 6.07) is 13.7. The van der Waals surface area contributed by atoms with Crippen molar-refractivity contribution in [2.75, 3.05) is 6.54 Å². The van der Waals surface area contributed by atoms with Gasteiger partial charge >= 0.3 is 11.9 Å². The van der Waals surface area contributed by atoms with Gasteiger partial charge in [-0.05, 0) is 62.1 Å². The maximum atomic E-state index is 12.4. The Morgan fingerprint density at radius 3 is 2.55 bits per heavy atom. The second kappa shape index (κ2) is 11.1. The van der Waals surface area contributed by atoms with E-state index in [4.69, 9.17) is 9.47 Å². The number of nitrogens with one attached hydrogen (secondary N) is 1. The fraction of sp³-hybridized carbons (Fsp3) is 0.440. The van der Waals surface area contributed by atoms with Gasteiger partial charge in [-0.25, -0.2) is 4.79 Å². The van der Waals surface area contributed by atoms with Crippen LogP contribution in [-0.2, 0) is 16.1 Å². The van der Waals surface area contributed by atoms with Crippen LogP contribution in [-0.4, -0.2) is 29.6 Å². The van der Waals surface area contributed by atoms with Gasteiger partial charge in [0, 0.05) is 18.0 Å². The van der Waals surface area contributed by atoms with Gasteiger partial charge in [0.25, 0.3) is 0 Å². The zero-order chi connectivity index (χ0) is 22.2. The maximum absolute atomic E-state index is 12.4. The highest BCUT2D eigenvalue weighted by Crippen LogP contribution is 2.31. The molecule has 0 radical (unpaired) electrons. The second-order valence-corrected chi connectivity index (χ2v) is 8.08. The van der Waals surface area contributed by atoms with Crippen LogP contribution in [0.3, 0.4) is 0 Å². The van der Waals surface area contributed by atoms with Crippen LogP contribution in [0.4, 0.5) is 0 Å². The molecule has 2 N–H and O–H groups in total. The molecule has 2 atom stereocenters. The number of ether oxygens (including phenoxy) is 2. The second-order valence-electron chi connectivity index (χ2n) is 8.08. The van der Waals surface area contributed by atoms with E-state index in [1.165, 1.54) is 0 Å². The van der Waals surface area contributed by atoms with Crippen LogP contribution < -0.4 is 10.1 Å². The number of carbonyl (C=O) groups is 2. The van der Waals surface area contributed by atoms with Crippen molar-refractivity contribution in [3.63, 3.8) is 0 Å². The molecule has 0 saturated heterocycles. The largest absolute Gasteiger partial charge is 0.457 e. The third kappa shape index (κ3) is 6.39. The molecule has 0 aliphatic heterocycles. The molecule has 2 aromatic carbocycles. The van der Waals surface area contributed by atoms with Crippen LogP contribution in [0.2, 0.25) is 0 Å². The minimum absolute atomic E-state index is 0.0596. The zero-order valence-corrected chi connectivity index (χ0v) is 18.2. The van der Waals surface area contributed by atoms with Crippen molar-refractivity contribution in [2.24, 2.45) is 5.92 Å². The predicted octanol–water partition coefficient (Wildman–Crippen LogP) is 4.17. The molecular weight excluding hydrogens is 394 g/mol. The number of esters is 2. The van der Waals surface area contributed by atoms with Gasteiger partial charge in [-0.3, -0.25) is 4.79 Å². The van der Waals surface area contributed by atoms with Crippen molar-refractivity contribution in [3.05, 3.63) is 65.2 Å². The van der Waals surface area contributed by atoms with Crippen molar-refractivity contribution in [2.45, 2.75) is 58.3 Å². The van der Waals surface area contributed by atoms with Crippen molar-refractivity contribution in [1.29, 1.82) is 0 Å². The highest BCUT2D eigenvalue weighted by atomic mass is 16.5. The molecular formula is C25H31NO5. The molecule has 3 rings (SSSR count). The van der Waals surface area contributed by atoms with E-state index in [9.17, 15) is 14.7 Å². The van der Waals surface area contributed by atoms with Crippen molar-refractivity contribution in [1.82, 2.24) is 5.32 Å². The lowest BCUT2D eigenvalue weighted by molar-refractivity contribution is -0.136. The number of likely N-dealkylation sites (N-methyl/N-ethyl adjacent to an activating group) is 1. The van der Waals surface area contributed by atoms with Gasteiger partial charge < -0.3 is 19.9 Å². The number of carbonyl (C=O) groups excluding carboxylic acids is 2. The average molecular weight is 426 g/mol. The first-order valence-electron chi connectivity index (χ1n) is 10.9. The van der Waals surface area contributed by atoms with Crippen LogP contribution in [0.25, 0.3) is 0 Å². The number of aliphatic hydroxyl groups excluding tert-OH is 1. The first-order valence-corrected chi connectivity index (χ1v) is 10.9. The SMILES string of the molecule is CCNC(C)C(O)c1ccc(OC(=O)CC2CCC2)c(COC(=O)c2ccccc2)c1. The standard InChI is InChI=1S/C25H31NO5/c1-3-26-17(2)24(28)20-12-13-22(31-23(27)14-18-8-7-9-18)21(15-20)16-30-25(29)19-10-5-4-6-11-19/h4-6,10-13,15,17-18,24,26,28H,3,7-9,14,16H2,1-2H3. The molecule has 1 fully saturated rings. The molecule has 1 saturated carbocycles. The predicted molar refractivity (Wildman–Crippen MR) is 118 cm³/mol. The highest BCUT2D eigenvalue weighted by Gasteiger charge is 2.23. The zero-order valence-electron chi connectivity index (χ0n) is 18.2. The van der Waals surface area contributed by atoms with Crippen LogP contribution in [0.5, 0.6) is 5.75 Å². The molecule has 1 aliphatic carbocycles. The molecule has 2 unspecified atom stereocenters. The Morgan fingerprint density at radius 1 is 1.16 bits per heavy atom.